The third-order valence-corrected chi connectivity index (χ3v) is 2.80. The first-order valence-electron chi connectivity index (χ1n) is 4.29. The van der Waals surface area contributed by atoms with E-state index in [1.165, 1.54) is 12.5 Å². The van der Waals surface area contributed by atoms with Crippen molar-refractivity contribution in [3.63, 3.8) is 0 Å². The van der Waals surface area contributed by atoms with Crippen LogP contribution < -0.4 is 0 Å². The second kappa shape index (κ2) is 3.77. The highest BCUT2D eigenvalue weighted by Crippen LogP contribution is 2.22. The van der Waals surface area contributed by atoms with E-state index in [9.17, 15) is 4.79 Å². The molecule has 0 aliphatic carbocycles. The average Bonchev–Trinajstić information content (AvgIpc) is 2.85. The van der Waals surface area contributed by atoms with E-state index in [-0.39, 0.29) is 4.88 Å². The van der Waals surface area contributed by atoms with Gasteiger partial charge in [0.25, 0.3) is 0 Å². The first kappa shape index (κ1) is 9.78. The van der Waals surface area contributed by atoms with E-state index < -0.39 is 5.97 Å². The fourth-order valence-electron chi connectivity index (χ4n) is 1.14. The quantitative estimate of drug-likeness (QED) is 0.844. The van der Waals surface area contributed by atoms with Gasteiger partial charge >= 0.3 is 5.97 Å². The van der Waals surface area contributed by atoms with Gasteiger partial charge in [-0.1, -0.05) is 0 Å². The highest BCUT2D eigenvalue weighted by atomic mass is 32.1. The summed E-state index contributed by atoms with van der Waals surface area (Å²) >= 11 is 1.09. The standard InChI is InChI=1S/C8H8N4O2S/c1-2-12-6(10-4-11-12)7-9-3-5(15-7)8(13)14/h3-4H,2H2,1H3,(H,13,14). The Hall–Kier alpha value is -1.76. The van der Waals surface area contributed by atoms with Crippen LogP contribution in [0.2, 0.25) is 0 Å². The molecule has 78 valence electrons. The topological polar surface area (TPSA) is 80.9 Å². The van der Waals surface area contributed by atoms with Crippen molar-refractivity contribution < 1.29 is 9.90 Å². The number of aromatic nitrogens is 4. The Bertz CT molecular complexity index is 490. The molecule has 0 saturated carbocycles. The fourth-order valence-corrected chi connectivity index (χ4v) is 1.89. The van der Waals surface area contributed by atoms with E-state index in [0.29, 0.717) is 17.4 Å². The van der Waals surface area contributed by atoms with Crippen LogP contribution in [0.5, 0.6) is 0 Å². The minimum atomic E-state index is -0.971. The zero-order valence-corrected chi connectivity index (χ0v) is 8.73. The summed E-state index contributed by atoms with van der Waals surface area (Å²) < 4.78 is 1.67. The number of hydrogen-bond acceptors (Lipinski definition) is 5. The van der Waals surface area contributed by atoms with Gasteiger partial charge in [-0.3, -0.25) is 0 Å². The van der Waals surface area contributed by atoms with Gasteiger partial charge in [-0.05, 0) is 6.92 Å². The summed E-state index contributed by atoms with van der Waals surface area (Å²) in [7, 11) is 0. The number of carboxylic acid groups (broad SMARTS) is 1. The summed E-state index contributed by atoms with van der Waals surface area (Å²) in [6.45, 7) is 2.61. The minimum absolute atomic E-state index is 0.204. The molecule has 0 spiro atoms. The van der Waals surface area contributed by atoms with E-state index >= 15 is 0 Å². The molecule has 2 aromatic heterocycles. The molecular formula is C8H8N4O2S. The van der Waals surface area contributed by atoms with Gasteiger partial charge in [0.15, 0.2) is 10.8 Å². The first-order valence-corrected chi connectivity index (χ1v) is 5.11. The van der Waals surface area contributed by atoms with Crippen LogP contribution in [0.4, 0.5) is 0 Å². The summed E-state index contributed by atoms with van der Waals surface area (Å²) in [5.41, 5.74) is 0. The van der Waals surface area contributed by atoms with Crippen molar-refractivity contribution in [2.45, 2.75) is 13.5 Å². The molecule has 0 fully saturated rings. The lowest BCUT2D eigenvalue weighted by atomic mass is 10.5. The molecule has 0 bridgehead atoms. The molecule has 0 aliphatic heterocycles. The Morgan fingerprint density at radius 2 is 2.40 bits per heavy atom. The first-order chi connectivity index (χ1) is 7.22. The Labute approximate surface area is 89.2 Å². The van der Waals surface area contributed by atoms with E-state index in [1.54, 1.807) is 4.68 Å². The summed E-state index contributed by atoms with van der Waals surface area (Å²) in [5, 5.41) is 13.3. The second-order valence-electron chi connectivity index (χ2n) is 2.73. The van der Waals surface area contributed by atoms with E-state index in [2.05, 4.69) is 15.1 Å². The molecular weight excluding hydrogens is 216 g/mol. The van der Waals surface area contributed by atoms with Crippen molar-refractivity contribution in [1.29, 1.82) is 0 Å². The minimum Gasteiger partial charge on any atom is -0.477 e. The normalized spacial score (nSPS) is 10.5. The Morgan fingerprint density at radius 1 is 1.60 bits per heavy atom. The number of thiazole rings is 1. The molecule has 7 heteroatoms. The van der Waals surface area contributed by atoms with Crippen LogP contribution in [-0.2, 0) is 6.54 Å². The van der Waals surface area contributed by atoms with Gasteiger partial charge < -0.3 is 5.11 Å². The molecule has 1 N–H and O–H groups in total. The lowest BCUT2D eigenvalue weighted by molar-refractivity contribution is 0.0702. The molecule has 15 heavy (non-hydrogen) atoms. The molecule has 2 rings (SSSR count). The zero-order chi connectivity index (χ0) is 10.8. The molecule has 0 unspecified atom stereocenters. The van der Waals surface area contributed by atoms with Crippen molar-refractivity contribution >= 4 is 17.3 Å². The predicted molar refractivity (Wildman–Crippen MR) is 53.8 cm³/mol. The number of rotatable bonds is 3. The summed E-state index contributed by atoms with van der Waals surface area (Å²) in [6.07, 6.45) is 2.76. The van der Waals surface area contributed by atoms with Gasteiger partial charge in [-0.15, -0.1) is 11.3 Å². The van der Waals surface area contributed by atoms with Crippen molar-refractivity contribution in [1.82, 2.24) is 19.7 Å². The maximum Gasteiger partial charge on any atom is 0.347 e. The van der Waals surface area contributed by atoms with Crippen LogP contribution >= 0.6 is 11.3 Å². The Balaban J connectivity index is 2.41. The largest absolute Gasteiger partial charge is 0.477 e. The van der Waals surface area contributed by atoms with Crippen molar-refractivity contribution in [2.75, 3.05) is 0 Å². The lowest BCUT2D eigenvalue weighted by Gasteiger charge is -1.97. The molecule has 2 aromatic rings. The van der Waals surface area contributed by atoms with Crippen LogP contribution in [-0.4, -0.2) is 30.8 Å². The number of carboxylic acids is 1. The van der Waals surface area contributed by atoms with Crippen LogP contribution in [0, 0.1) is 0 Å². The maximum absolute atomic E-state index is 10.7. The molecule has 6 nitrogen and oxygen atoms in total. The summed E-state index contributed by atoms with van der Waals surface area (Å²) in [6, 6.07) is 0. The molecule has 0 atom stereocenters. The highest BCUT2D eigenvalue weighted by molar-refractivity contribution is 7.16. The van der Waals surface area contributed by atoms with Crippen molar-refractivity contribution in [3.05, 3.63) is 17.4 Å². The molecule has 0 saturated heterocycles. The predicted octanol–water partition coefficient (Wildman–Crippen LogP) is 1.12. The lowest BCUT2D eigenvalue weighted by Crippen LogP contribution is -1.98. The number of carbonyl (C=O) groups is 1. The van der Waals surface area contributed by atoms with E-state index in [0.717, 1.165) is 11.3 Å². The van der Waals surface area contributed by atoms with Gasteiger partial charge in [-0.25, -0.2) is 19.4 Å². The summed E-state index contributed by atoms with van der Waals surface area (Å²) in [4.78, 5) is 18.9. The number of hydrogen-bond donors (Lipinski definition) is 1. The third kappa shape index (κ3) is 1.73. The fraction of sp³-hybridized carbons (Fsp3) is 0.250. The molecule has 0 aromatic carbocycles. The molecule has 2 heterocycles. The van der Waals surface area contributed by atoms with Gasteiger partial charge in [0.05, 0.1) is 6.20 Å². The van der Waals surface area contributed by atoms with Gasteiger partial charge in [0, 0.05) is 6.54 Å². The van der Waals surface area contributed by atoms with Gasteiger partial charge in [0.2, 0.25) is 0 Å². The van der Waals surface area contributed by atoms with Crippen LogP contribution in [0.3, 0.4) is 0 Å². The highest BCUT2D eigenvalue weighted by Gasteiger charge is 2.13. The van der Waals surface area contributed by atoms with Gasteiger partial charge in [-0.2, -0.15) is 5.10 Å². The number of aromatic carboxylic acids is 1. The number of nitrogens with zero attached hydrogens (tertiary/aromatic N) is 4. The van der Waals surface area contributed by atoms with Crippen LogP contribution in [0.25, 0.3) is 10.8 Å². The van der Waals surface area contributed by atoms with Crippen molar-refractivity contribution in [3.8, 4) is 10.8 Å². The van der Waals surface area contributed by atoms with Gasteiger partial charge in [0.1, 0.15) is 11.2 Å². The second-order valence-corrected chi connectivity index (χ2v) is 3.76. The molecule has 0 amide bonds. The Kier molecular flexibility index (Phi) is 2.46. The Morgan fingerprint density at radius 3 is 3.00 bits per heavy atom. The average molecular weight is 224 g/mol. The smallest absolute Gasteiger partial charge is 0.347 e. The van der Waals surface area contributed by atoms with E-state index in [1.807, 2.05) is 6.92 Å². The number of aryl methyl sites for hydroxylation is 1. The van der Waals surface area contributed by atoms with E-state index in [4.69, 9.17) is 5.11 Å². The summed E-state index contributed by atoms with van der Waals surface area (Å²) in [5.74, 6) is -0.365. The van der Waals surface area contributed by atoms with Crippen molar-refractivity contribution in [2.24, 2.45) is 0 Å². The van der Waals surface area contributed by atoms with Crippen LogP contribution in [0.1, 0.15) is 16.6 Å². The van der Waals surface area contributed by atoms with Crippen LogP contribution in [0.15, 0.2) is 12.5 Å². The monoisotopic (exact) mass is 224 g/mol. The molecule has 0 radical (unpaired) electrons. The zero-order valence-electron chi connectivity index (χ0n) is 7.91. The molecule has 0 aliphatic rings. The SMILES string of the molecule is CCn1ncnc1-c1ncc(C(=O)O)s1. The maximum atomic E-state index is 10.7. The third-order valence-electron chi connectivity index (χ3n) is 1.82.